The van der Waals surface area contributed by atoms with E-state index in [9.17, 15) is 45.6 Å². The Hall–Kier alpha value is -5.14. The van der Waals surface area contributed by atoms with Crippen LogP contribution < -0.4 is 24.8 Å². The van der Waals surface area contributed by atoms with Crippen molar-refractivity contribution in [2.75, 3.05) is 20.8 Å². The molecule has 2 aromatic rings. The molecule has 0 radical (unpaired) electrons. The third-order valence-electron chi connectivity index (χ3n) is 12.0. The Kier molecular flexibility index (Phi) is 12.9. The summed E-state index contributed by atoms with van der Waals surface area (Å²) in [6.07, 6.45) is -0.114. The number of benzene rings is 1. The lowest BCUT2D eigenvalue weighted by molar-refractivity contribution is -0.244. The predicted octanol–water partition coefficient (Wildman–Crippen LogP) is 4.70. The number of carbonyl (C=O) groups is 5. The highest BCUT2D eigenvalue weighted by Gasteiger charge is 2.62. The average molecular weight is 880 g/mol. The molecule has 2 aliphatic carbocycles. The number of carbonyl (C=O) groups excluding carboxylic acids is 5. The zero-order chi connectivity index (χ0) is 44.7. The monoisotopic (exact) mass is 879 g/mol. The molecule has 6 rings (SSSR count). The summed E-state index contributed by atoms with van der Waals surface area (Å²) in [7, 11) is -1.36. The van der Waals surface area contributed by atoms with Crippen LogP contribution in [0, 0.1) is 17.8 Å². The summed E-state index contributed by atoms with van der Waals surface area (Å²) in [6, 6.07) is 1.94. The van der Waals surface area contributed by atoms with Gasteiger partial charge in [-0.2, -0.15) is 13.2 Å². The largest absolute Gasteiger partial charge is 0.497 e. The lowest BCUT2D eigenvalue weighted by atomic mass is 9.85. The number of nitrogens with zero attached hydrogens (tertiary/aromatic N) is 2. The van der Waals surface area contributed by atoms with Gasteiger partial charge in [-0.05, 0) is 82.4 Å². The SMILES string of the molecule is CC[C@@H]1C[C@H](C)CC/C=C\[C@@H]2C[C@@]2(C(=O)NS(=O)(=O)C2CC2)NC(=O)[C@@H]2C[C@@H](Oc3ncc(C(=O)OC)c4cc(OC)ccc34)CN2C(=O)[C@H]1NC(=O)OC(C)(C)C(F)(F)F. The maximum absolute atomic E-state index is 14.9. The number of allylic oxidation sites excluding steroid dienone is 1. The number of pyridine rings is 1. The van der Waals surface area contributed by atoms with Crippen molar-refractivity contribution in [2.45, 2.75) is 120 Å². The summed E-state index contributed by atoms with van der Waals surface area (Å²) in [5.74, 6) is -4.08. The van der Waals surface area contributed by atoms with Crippen molar-refractivity contribution in [3.63, 3.8) is 0 Å². The maximum Gasteiger partial charge on any atom is 0.427 e. The summed E-state index contributed by atoms with van der Waals surface area (Å²) < 4.78 is 91.0. The Morgan fingerprint density at radius 2 is 1.79 bits per heavy atom. The highest BCUT2D eigenvalue weighted by atomic mass is 32.2. The Bertz CT molecular complexity index is 2200. The van der Waals surface area contributed by atoms with E-state index in [-0.39, 0.29) is 36.7 Å². The molecule has 61 heavy (non-hydrogen) atoms. The van der Waals surface area contributed by atoms with Gasteiger partial charge in [0.05, 0.1) is 31.6 Å². The van der Waals surface area contributed by atoms with Crippen molar-refractivity contribution in [1.82, 2.24) is 25.2 Å². The lowest BCUT2D eigenvalue weighted by Gasteiger charge is -2.35. The zero-order valence-corrected chi connectivity index (χ0v) is 35.6. The third kappa shape index (κ3) is 9.68. The molecule has 4 amide bonds. The second-order valence-corrected chi connectivity index (χ2v) is 18.8. The van der Waals surface area contributed by atoms with Crippen LogP contribution in [0.15, 0.2) is 36.5 Å². The molecule has 3 N–H and O–H groups in total. The molecule has 16 nitrogen and oxygen atoms in total. The van der Waals surface area contributed by atoms with E-state index in [0.717, 1.165) is 4.90 Å². The van der Waals surface area contributed by atoms with Crippen LogP contribution in [0.1, 0.15) is 89.4 Å². The molecule has 0 unspecified atom stereocenters. The fourth-order valence-corrected chi connectivity index (χ4v) is 9.37. The first-order valence-corrected chi connectivity index (χ1v) is 21.8. The number of alkyl carbamates (subject to hydrolysis) is 1. The normalized spacial score (nSPS) is 27.9. The summed E-state index contributed by atoms with van der Waals surface area (Å²) in [5, 5.41) is 5.17. The predicted molar refractivity (Wildman–Crippen MR) is 213 cm³/mol. The van der Waals surface area contributed by atoms with Crippen LogP contribution in [0.2, 0.25) is 0 Å². The van der Waals surface area contributed by atoms with Crippen LogP contribution in [0.3, 0.4) is 0 Å². The minimum absolute atomic E-state index is 0.0207. The smallest absolute Gasteiger partial charge is 0.427 e. The first-order valence-electron chi connectivity index (χ1n) is 20.3. The number of fused-ring (bicyclic) bond motifs is 3. The molecule has 2 saturated carbocycles. The van der Waals surface area contributed by atoms with E-state index in [1.165, 1.54) is 20.4 Å². The number of hydrogen-bond acceptors (Lipinski definition) is 12. The molecule has 4 aliphatic rings. The van der Waals surface area contributed by atoms with E-state index in [4.69, 9.17) is 18.9 Å². The van der Waals surface area contributed by atoms with Gasteiger partial charge in [-0.1, -0.05) is 32.4 Å². The van der Waals surface area contributed by atoms with Gasteiger partial charge in [-0.15, -0.1) is 0 Å². The summed E-state index contributed by atoms with van der Waals surface area (Å²) >= 11 is 0. The molecule has 1 aromatic carbocycles. The van der Waals surface area contributed by atoms with E-state index < -0.39 is 92.4 Å². The number of esters is 1. The molecular weight excluding hydrogens is 828 g/mol. The van der Waals surface area contributed by atoms with Crippen molar-refractivity contribution < 1.29 is 64.5 Å². The number of amides is 4. The molecule has 3 fully saturated rings. The van der Waals surface area contributed by atoms with Gasteiger partial charge in [-0.3, -0.25) is 19.1 Å². The first-order chi connectivity index (χ1) is 28.6. The Balaban J connectivity index is 1.39. The lowest BCUT2D eigenvalue weighted by Crippen LogP contribution is -2.59. The first kappa shape index (κ1) is 45.4. The van der Waals surface area contributed by atoms with Gasteiger partial charge < -0.3 is 34.5 Å². The molecule has 1 aromatic heterocycles. The molecule has 0 bridgehead atoms. The van der Waals surface area contributed by atoms with Crippen LogP contribution in [0.25, 0.3) is 10.8 Å². The molecular formula is C41H52F3N5O11S. The van der Waals surface area contributed by atoms with Gasteiger partial charge in [-0.25, -0.2) is 23.0 Å². The van der Waals surface area contributed by atoms with Crippen molar-refractivity contribution in [3.8, 4) is 11.6 Å². The fraction of sp³-hybridized carbons (Fsp3) is 0.610. The Morgan fingerprint density at radius 3 is 2.43 bits per heavy atom. The second-order valence-electron chi connectivity index (χ2n) is 16.8. The minimum atomic E-state index is -4.94. The van der Waals surface area contributed by atoms with Crippen LogP contribution in [-0.4, -0.2) is 110 Å². The van der Waals surface area contributed by atoms with Crippen molar-refractivity contribution >= 4 is 50.6 Å². The molecule has 7 atom stereocenters. The van der Waals surface area contributed by atoms with Gasteiger partial charge in [0.1, 0.15) is 29.5 Å². The average Bonchev–Trinajstić information content (AvgIpc) is 4.13. The van der Waals surface area contributed by atoms with Crippen molar-refractivity contribution in [1.29, 1.82) is 0 Å². The number of alkyl halides is 3. The van der Waals surface area contributed by atoms with Gasteiger partial charge >= 0.3 is 18.2 Å². The Labute approximate surface area is 351 Å². The summed E-state index contributed by atoms with van der Waals surface area (Å²) in [5.41, 5.74) is -4.49. The van der Waals surface area contributed by atoms with Gasteiger partial charge in [0.25, 0.3) is 5.91 Å². The number of halogens is 3. The van der Waals surface area contributed by atoms with E-state index in [1.807, 2.05) is 13.0 Å². The van der Waals surface area contributed by atoms with Crippen LogP contribution >= 0.6 is 0 Å². The Morgan fingerprint density at radius 1 is 1.07 bits per heavy atom. The fourth-order valence-electron chi connectivity index (χ4n) is 8.01. The molecule has 3 heterocycles. The van der Waals surface area contributed by atoms with E-state index in [1.54, 1.807) is 31.2 Å². The minimum Gasteiger partial charge on any atom is -0.497 e. The van der Waals surface area contributed by atoms with Crippen molar-refractivity contribution in [3.05, 3.63) is 42.1 Å². The quantitative estimate of drug-likeness (QED) is 0.219. The highest BCUT2D eigenvalue weighted by Crippen LogP contribution is 2.46. The number of hydrogen-bond donors (Lipinski definition) is 3. The zero-order valence-electron chi connectivity index (χ0n) is 34.8. The van der Waals surface area contributed by atoms with Crippen molar-refractivity contribution in [2.24, 2.45) is 17.8 Å². The molecule has 2 aliphatic heterocycles. The van der Waals surface area contributed by atoms with Gasteiger partial charge in [0, 0.05) is 29.3 Å². The maximum atomic E-state index is 14.9. The van der Waals surface area contributed by atoms with Crippen LogP contribution in [0.4, 0.5) is 18.0 Å². The highest BCUT2D eigenvalue weighted by molar-refractivity contribution is 7.91. The molecule has 0 spiro atoms. The topological polar surface area (TPSA) is 209 Å². The standard InChI is InChI=1S/C41H52F3N5O11S/c1-7-23-16-22(2)10-8-9-11-24-19-40(24,37(53)48-61(55,56)27-13-14-27)47-33(50)31-18-26(21-49(31)35(51)32(23)46-38(54)60-39(3,4)41(42,43)44)59-34-28-15-12-25(57-5)17-29(28)30(20-45-34)36(52)58-6/h9,11-12,15,17,20,22-24,26-27,31-32H,7-8,10,13-14,16,18-19,21H2,1-6H3,(H,46,54)(H,47,50)(H,48,53)/b11-9-/t22-,23-,24-,26-,31+,32+,40-/m1/s1. The van der Waals surface area contributed by atoms with E-state index in [0.29, 0.717) is 68.9 Å². The number of aromatic nitrogens is 1. The van der Waals surface area contributed by atoms with E-state index in [2.05, 4.69) is 20.3 Å². The second kappa shape index (κ2) is 17.3. The van der Waals surface area contributed by atoms with Crippen LogP contribution in [0.5, 0.6) is 11.6 Å². The summed E-state index contributed by atoms with van der Waals surface area (Å²) in [6.45, 7) is 4.78. The van der Waals surface area contributed by atoms with E-state index >= 15 is 0 Å². The molecule has 20 heteroatoms. The van der Waals surface area contributed by atoms with Gasteiger partial charge in [0.15, 0.2) is 0 Å². The number of ether oxygens (including phenoxy) is 4. The van der Waals surface area contributed by atoms with Gasteiger partial charge in [0.2, 0.25) is 33.3 Å². The number of rotatable bonds is 10. The third-order valence-corrected chi connectivity index (χ3v) is 13.8. The summed E-state index contributed by atoms with van der Waals surface area (Å²) in [4.78, 5) is 74.8. The number of sulfonamides is 1. The number of methoxy groups -OCH3 is 2. The molecule has 1 saturated heterocycles. The van der Waals surface area contributed by atoms with Crippen LogP contribution in [-0.2, 0) is 33.9 Å². The molecule has 334 valence electrons. The number of nitrogens with one attached hydrogen (secondary N) is 3.